The lowest BCUT2D eigenvalue weighted by Crippen LogP contribution is -2.40. The van der Waals surface area contributed by atoms with E-state index in [1.165, 1.54) is 47.6 Å². The van der Waals surface area contributed by atoms with Crippen LogP contribution in [0.25, 0.3) is 5.69 Å². The van der Waals surface area contributed by atoms with Gasteiger partial charge in [-0.25, -0.2) is 17.6 Å². The Bertz CT molecular complexity index is 1510. The molecule has 2 aromatic carbocycles. The summed E-state index contributed by atoms with van der Waals surface area (Å²) in [6, 6.07) is 9.51. The third-order valence-electron chi connectivity index (χ3n) is 6.69. The van der Waals surface area contributed by atoms with Crippen molar-refractivity contribution in [3.63, 3.8) is 0 Å². The molecular weight excluding hydrogens is 543 g/mol. The third-order valence-corrected chi connectivity index (χ3v) is 8.61. The van der Waals surface area contributed by atoms with E-state index < -0.39 is 21.8 Å². The first-order chi connectivity index (χ1) is 19.1. The van der Waals surface area contributed by atoms with E-state index in [0.29, 0.717) is 12.8 Å². The maximum atomic E-state index is 14.0. The maximum absolute atomic E-state index is 14.0. The monoisotopic (exact) mass is 574 g/mol. The summed E-state index contributed by atoms with van der Waals surface area (Å²) in [5, 5.41) is 16.5. The van der Waals surface area contributed by atoms with E-state index in [4.69, 9.17) is 9.47 Å². The highest BCUT2D eigenvalue weighted by molar-refractivity contribution is 7.89. The quantitative estimate of drug-likeness (QED) is 0.367. The van der Waals surface area contributed by atoms with Crippen LogP contribution in [0.1, 0.15) is 42.7 Å². The van der Waals surface area contributed by atoms with Gasteiger partial charge in [0.05, 0.1) is 18.9 Å². The Hall–Kier alpha value is -3.81. The van der Waals surface area contributed by atoms with Crippen molar-refractivity contribution in [1.29, 1.82) is 0 Å². The molecule has 4 rings (SSSR count). The van der Waals surface area contributed by atoms with Gasteiger partial charge in [-0.05, 0) is 56.2 Å². The van der Waals surface area contributed by atoms with Crippen LogP contribution in [0, 0.1) is 18.7 Å². The highest BCUT2D eigenvalue weighted by Gasteiger charge is 2.32. The second-order valence-corrected chi connectivity index (χ2v) is 11.2. The number of carbonyl (C=O) groups excluding carboxylic acids is 1. The van der Waals surface area contributed by atoms with Gasteiger partial charge in [0.2, 0.25) is 21.8 Å². The van der Waals surface area contributed by atoms with Crippen LogP contribution in [0.4, 0.5) is 10.1 Å². The van der Waals surface area contributed by atoms with Crippen LogP contribution in [-0.2, 0) is 19.6 Å². The van der Waals surface area contributed by atoms with E-state index in [1.807, 2.05) is 13.8 Å². The van der Waals surface area contributed by atoms with E-state index in [9.17, 15) is 27.5 Å². The number of hydrogen-bond acceptors (Lipinski definition) is 7. The van der Waals surface area contributed by atoms with Gasteiger partial charge in [-0.2, -0.15) is 14.1 Å². The molecule has 1 saturated heterocycles. The average molecular weight is 575 g/mol. The van der Waals surface area contributed by atoms with Crippen molar-refractivity contribution in [3.05, 3.63) is 59.5 Å². The predicted octanol–water partition coefficient (Wildman–Crippen LogP) is 4.21. The summed E-state index contributed by atoms with van der Waals surface area (Å²) in [7, 11) is -4.14. The van der Waals surface area contributed by atoms with Crippen LogP contribution in [0.5, 0.6) is 11.6 Å². The standard InChI is InChI=1S/C27H31FN4O7S/c1-4-18(5-2)25(33)29-20-9-10-22(23(16-20)40(36,37)31-11-13-38-14-12-31)39-26-17(3)24(27(34)35)30-32(26)21-8-6-7-19(28)15-21/h6-10,15-16,18H,4-5,11-14H2,1-3H3,(H,29,33)(H,34,35). The zero-order chi connectivity index (χ0) is 29.0. The number of nitrogens with one attached hydrogen (secondary N) is 1. The molecule has 0 radical (unpaired) electrons. The Morgan fingerprint density at radius 2 is 1.85 bits per heavy atom. The Morgan fingerprint density at radius 1 is 1.15 bits per heavy atom. The van der Waals surface area contributed by atoms with E-state index >= 15 is 0 Å². The van der Waals surface area contributed by atoms with Gasteiger partial charge in [0.25, 0.3) is 0 Å². The molecule has 0 unspecified atom stereocenters. The Balaban J connectivity index is 1.83. The van der Waals surface area contributed by atoms with Crippen LogP contribution in [0.2, 0.25) is 0 Å². The second kappa shape index (κ2) is 12.1. The zero-order valence-electron chi connectivity index (χ0n) is 22.4. The molecule has 1 aromatic heterocycles. The number of aromatic carboxylic acids is 1. The van der Waals surface area contributed by atoms with Gasteiger partial charge in [0.15, 0.2) is 5.69 Å². The van der Waals surface area contributed by atoms with E-state index in [1.54, 1.807) is 0 Å². The van der Waals surface area contributed by atoms with Gasteiger partial charge in [-0.15, -0.1) is 0 Å². The van der Waals surface area contributed by atoms with Crippen LogP contribution in [0.3, 0.4) is 0 Å². The maximum Gasteiger partial charge on any atom is 0.356 e. The van der Waals surface area contributed by atoms with Crippen molar-refractivity contribution in [2.45, 2.75) is 38.5 Å². The molecule has 13 heteroatoms. The summed E-state index contributed by atoms with van der Waals surface area (Å²) in [6.07, 6.45) is 1.25. The number of sulfonamides is 1. The summed E-state index contributed by atoms with van der Waals surface area (Å²) < 4.78 is 55.4. The van der Waals surface area contributed by atoms with E-state index in [0.717, 1.165) is 10.7 Å². The van der Waals surface area contributed by atoms with Crippen LogP contribution >= 0.6 is 0 Å². The van der Waals surface area contributed by atoms with E-state index in [-0.39, 0.29) is 77.3 Å². The van der Waals surface area contributed by atoms with Crippen molar-refractivity contribution in [3.8, 4) is 17.3 Å². The Morgan fingerprint density at radius 3 is 2.48 bits per heavy atom. The molecule has 11 nitrogen and oxygen atoms in total. The lowest BCUT2D eigenvalue weighted by Gasteiger charge is -2.27. The first kappa shape index (κ1) is 29.2. The Kier molecular flexibility index (Phi) is 8.86. The Labute approximate surface area is 231 Å². The molecule has 214 valence electrons. The number of hydrogen-bond donors (Lipinski definition) is 2. The number of morpholine rings is 1. The molecule has 0 aliphatic carbocycles. The topological polar surface area (TPSA) is 140 Å². The molecule has 0 spiro atoms. The van der Waals surface area contributed by atoms with Crippen molar-refractivity contribution in [2.24, 2.45) is 5.92 Å². The largest absolute Gasteiger partial charge is 0.476 e. The summed E-state index contributed by atoms with van der Waals surface area (Å²) in [5.41, 5.74) is 0.207. The van der Waals surface area contributed by atoms with Crippen LogP contribution in [-0.4, -0.2) is 65.8 Å². The number of rotatable bonds is 10. The van der Waals surface area contributed by atoms with Crippen LogP contribution in [0.15, 0.2) is 47.4 Å². The summed E-state index contributed by atoms with van der Waals surface area (Å²) >= 11 is 0. The summed E-state index contributed by atoms with van der Waals surface area (Å²) in [6.45, 7) is 5.93. The van der Waals surface area contributed by atoms with Crippen molar-refractivity contribution in [2.75, 3.05) is 31.6 Å². The van der Waals surface area contributed by atoms with E-state index in [2.05, 4.69) is 10.4 Å². The van der Waals surface area contributed by atoms with Gasteiger partial charge in [0.1, 0.15) is 16.5 Å². The molecule has 0 atom stereocenters. The highest BCUT2D eigenvalue weighted by Crippen LogP contribution is 2.37. The lowest BCUT2D eigenvalue weighted by atomic mass is 10.0. The van der Waals surface area contributed by atoms with Gasteiger partial charge >= 0.3 is 5.97 Å². The minimum atomic E-state index is -4.14. The normalized spacial score (nSPS) is 14.3. The fraction of sp³-hybridized carbons (Fsp3) is 0.370. The number of amides is 1. The predicted molar refractivity (Wildman–Crippen MR) is 144 cm³/mol. The number of ether oxygens (including phenoxy) is 2. The molecular formula is C27H31FN4O7S. The minimum absolute atomic E-state index is 0.102. The molecule has 0 saturated carbocycles. The number of carboxylic acid groups (broad SMARTS) is 1. The molecule has 1 aliphatic heterocycles. The fourth-order valence-corrected chi connectivity index (χ4v) is 5.94. The second-order valence-electron chi connectivity index (χ2n) is 9.26. The third kappa shape index (κ3) is 6.01. The summed E-state index contributed by atoms with van der Waals surface area (Å²) in [5.74, 6) is -2.62. The van der Waals surface area contributed by atoms with Crippen molar-refractivity contribution in [1.82, 2.24) is 14.1 Å². The first-order valence-electron chi connectivity index (χ1n) is 12.9. The molecule has 1 amide bonds. The molecule has 40 heavy (non-hydrogen) atoms. The number of benzene rings is 2. The van der Waals surface area contributed by atoms with Crippen molar-refractivity contribution >= 4 is 27.6 Å². The number of aromatic nitrogens is 2. The fourth-order valence-electron chi connectivity index (χ4n) is 4.39. The number of nitrogens with zero attached hydrogens (tertiary/aromatic N) is 3. The number of carbonyl (C=O) groups is 2. The molecule has 1 fully saturated rings. The van der Waals surface area contributed by atoms with Gasteiger partial charge < -0.3 is 19.9 Å². The summed E-state index contributed by atoms with van der Waals surface area (Å²) in [4.78, 5) is 24.4. The average Bonchev–Trinajstić information content (AvgIpc) is 3.26. The minimum Gasteiger partial charge on any atom is -0.476 e. The SMILES string of the molecule is CCC(CC)C(=O)Nc1ccc(Oc2c(C)c(C(=O)O)nn2-c2cccc(F)c2)c(S(=O)(=O)N2CCOCC2)c1. The zero-order valence-corrected chi connectivity index (χ0v) is 23.2. The van der Waals surface area contributed by atoms with Gasteiger partial charge in [0, 0.05) is 30.3 Å². The highest BCUT2D eigenvalue weighted by atomic mass is 32.2. The van der Waals surface area contributed by atoms with Crippen LogP contribution < -0.4 is 10.1 Å². The molecule has 3 aromatic rings. The lowest BCUT2D eigenvalue weighted by molar-refractivity contribution is -0.120. The van der Waals surface area contributed by atoms with Crippen molar-refractivity contribution < 1.29 is 37.0 Å². The number of carboxylic acids is 1. The smallest absolute Gasteiger partial charge is 0.356 e. The molecule has 1 aliphatic rings. The van der Waals surface area contributed by atoms with Gasteiger partial charge in [-0.1, -0.05) is 19.9 Å². The molecule has 0 bridgehead atoms. The number of anilines is 1. The van der Waals surface area contributed by atoms with Gasteiger partial charge in [-0.3, -0.25) is 4.79 Å². The first-order valence-corrected chi connectivity index (χ1v) is 14.3. The number of halogens is 1. The molecule has 2 heterocycles. The molecule has 2 N–H and O–H groups in total.